The van der Waals surface area contributed by atoms with Crippen molar-refractivity contribution in [1.82, 2.24) is 0 Å². The summed E-state index contributed by atoms with van der Waals surface area (Å²) in [6.45, 7) is 6.84. The number of ether oxygens (including phenoxy) is 2. The summed E-state index contributed by atoms with van der Waals surface area (Å²) < 4.78 is 17.3. The number of aryl methyl sites for hydroxylation is 2. The smallest absolute Gasteiger partial charge is 0.347 e. The van der Waals surface area contributed by atoms with Crippen LogP contribution in [0.5, 0.6) is 17.2 Å². The van der Waals surface area contributed by atoms with Crippen LogP contribution in [0.2, 0.25) is 0 Å². The molecule has 0 atom stereocenters. The fourth-order valence-electron chi connectivity index (χ4n) is 2.85. The van der Waals surface area contributed by atoms with E-state index >= 15 is 0 Å². The zero-order chi connectivity index (χ0) is 21.2. The first-order chi connectivity index (χ1) is 13.7. The molecule has 0 unspecified atom stereocenters. The van der Waals surface area contributed by atoms with Gasteiger partial charge in [-0.25, -0.2) is 4.79 Å². The molecular weight excluding hydrogens is 372 g/mol. The Balaban J connectivity index is 2.01. The van der Waals surface area contributed by atoms with E-state index in [9.17, 15) is 14.7 Å². The average Bonchev–Trinajstić information content (AvgIpc) is 2.70. The lowest BCUT2D eigenvalue weighted by Gasteiger charge is -2.21. The maximum atomic E-state index is 13.0. The lowest BCUT2D eigenvalue weighted by atomic mass is 10.1. The summed E-state index contributed by atoms with van der Waals surface area (Å²) in [6.07, 6.45) is 1.38. The number of carbonyl (C=O) groups is 1. The number of carboxylic acid groups (broad SMARTS) is 1. The summed E-state index contributed by atoms with van der Waals surface area (Å²) in [5.41, 5.74) is -0.198. The highest BCUT2D eigenvalue weighted by atomic mass is 16.5. The van der Waals surface area contributed by atoms with Gasteiger partial charge in [-0.1, -0.05) is 26.0 Å². The first kappa shape index (κ1) is 20.5. The molecule has 0 amide bonds. The molecule has 3 aromatic rings. The van der Waals surface area contributed by atoms with Crippen molar-refractivity contribution in [2.24, 2.45) is 0 Å². The second-order valence-electron chi connectivity index (χ2n) is 7.21. The van der Waals surface area contributed by atoms with Crippen LogP contribution in [0, 0.1) is 0 Å². The van der Waals surface area contributed by atoms with E-state index in [0.29, 0.717) is 34.6 Å². The van der Waals surface area contributed by atoms with E-state index in [4.69, 9.17) is 13.9 Å². The molecule has 0 saturated carbocycles. The normalized spacial score (nSPS) is 11.4. The monoisotopic (exact) mass is 396 g/mol. The summed E-state index contributed by atoms with van der Waals surface area (Å²) in [6, 6.07) is 12.2. The predicted octanol–water partition coefficient (Wildman–Crippen LogP) is 4.95. The lowest BCUT2D eigenvalue weighted by molar-refractivity contribution is -0.152. The molecule has 0 aliphatic rings. The minimum Gasteiger partial charge on any atom is -0.478 e. The molecule has 29 heavy (non-hydrogen) atoms. The Morgan fingerprint density at radius 2 is 1.69 bits per heavy atom. The topological polar surface area (TPSA) is 86.0 Å². The quantitative estimate of drug-likeness (QED) is 0.608. The molecule has 1 heterocycles. The Bertz CT molecular complexity index is 1090. The number of hydrogen-bond donors (Lipinski definition) is 1. The Hall–Kier alpha value is -3.28. The Morgan fingerprint density at radius 3 is 2.28 bits per heavy atom. The minimum absolute atomic E-state index is 0.156. The fourth-order valence-corrected chi connectivity index (χ4v) is 2.85. The number of carboxylic acids is 1. The highest BCUT2D eigenvalue weighted by Gasteiger charge is 2.29. The van der Waals surface area contributed by atoms with Gasteiger partial charge in [-0.3, -0.25) is 4.79 Å². The first-order valence-corrected chi connectivity index (χ1v) is 9.54. The van der Waals surface area contributed by atoms with Crippen molar-refractivity contribution in [3.8, 4) is 17.2 Å². The fraction of sp³-hybridized carbons (Fsp3) is 0.304. The predicted molar refractivity (Wildman–Crippen MR) is 110 cm³/mol. The number of fused-ring (bicyclic) bond motifs is 1. The Labute approximate surface area is 168 Å². The van der Waals surface area contributed by atoms with Crippen LogP contribution < -0.4 is 14.9 Å². The van der Waals surface area contributed by atoms with E-state index in [0.717, 1.165) is 6.42 Å². The third-order valence-electron chi connectivity index (χ3n) is 4.65. The van der Waals surface area contributed by atoms with Gasteiger partial charge in [0.1, 0.15) is 17.1 Å². The summed E-state index contributed by atoms with van der Waals surface area (Å²) in [7, 11) is 0. The molecule has 2 aromatic carbocycles. The van der Waals surface area contributed by atoms with Gasteiger partial charge in [0.25, 0.3) is 0 Å². The van der Waals surface area contributed by atoms with Crippen molar-refractivity contribution >= 4 is 16.9 Å². The summed E-state index contributed by atoms with van der Waals surface area (Å²) >= 11 is 0. The van der Waals surface area contributed by atoms with Crippen molar-refractivity contribution < 1.29 is 23.8 Å². The van der Waals surface area contributed by atoms with E-state index in [1.54, 1.807) is 12.1 Å². The van der Waals surface area contributed by atoms with Crippen molar-refractivity contribution in [2.75, 3.05) is 0 Å². The molecule has 0 spiro atoms. The Kier molecular flexibility index (Phi) is 5.64. The van der Waals surface area contributed by atoms with Gasteiger partial charge in [-0.15, -0.1) is 0 Å². The molecule has 0 aliphatic heterocycles. The molecule has 1 aromatic heterocycles. The third-order valence-corrected chi connectivity index (χ3v) is 4.65. The van der Waals surface area contributed by atoms with Crippen LogP contribution in [0.4, 0.5) is 0 Å². The maximum Gasteiger partial charge on any atom is 0.347 e. The third kappa shape index (κ3) is 4.26. The molecule has 0 saturated heterocycles. The molecule has 6 nitrogen and oxygen atoms in total. The van der Waals surface area contributed by atoms with Crippen LogP contribution in [-0.4, -0.2) is 16.7 Å². The highest BCUT2D eigenvalue weighted by Crippen LogP contribution is 2.29. The van der Waals surface area contributed by atoms with Gasteiger partial charge in [-0.2, -0.15) is 0 Å². The van der Waals surface area contributed by atoms with Crippen molar-refractivity contribution in [1.29, 1.82) is 0 Å². The molecule has 0 radical (unpaired) electrons. The number of aliphatic carboxylic acids is 1. The number of benzene rings is 2. The van der Waals surface area contributed by atoms with Crippen molar-refractivity contribution in [3.05, 3.63) is 64.0 Å². The zero-order valence-corrected chi connectivity index (χ0v) is 16.9. The molecule has 0 bridgehead atoms. The number of hydrogen-bond acceptors (Lipinski definition) is 5. The second-order valence-corrected chi connectivity index (χ2v) is 7.21. The van der Waals surface area contributed by atoms with Crippen molar-refractivity contribution in [2.45, 2.75) is 46.1 Å². The van der Waals surface area contributed by atoms with Crippen LogP contribution >= 0.6 is 0 Å². The van der Waals surface area contributed by atoms with E-state index in [1.165, 1.54) is 25.5 Å². The molecule has 3 rings (SSSR count). The maximum absolute atomic E-state index is 13.0. The average molecular weight is 396 g/mol. The van der Waals surface area contributed by atoms with E-state index in [-0.39, 0.29) is 11.2 Å². The van der Waals surface area contributed by atoms with E-state index < -0.39 is 11.6 Å². The SMILES string of the molecule is CCc1ccc(Oc2c(CC)oc3cc(OC(C)(C)C(=O)O)ccc3c2=O)cc1. The summed E-state index contributed by atoms with van der Waals surface area (Å²) in [4.78, 5) is 24.3. The van der Waals surface area contributed by atoms with Gasteiger partial charge < -0.3 is 19.0 Å². The van der Waals surface area contributed by atoms with Crippen LogP contribution in [0.3, 0.4) is 0 Å². The molecular formula is C23H24O6. The number of rotatable bonds is 7. The summed E-state index contributed by atoms with van der Waals surface area (Å²) in [5.74, 6) is 0.345. The van der Waals surface area contributed by atoms with Crippen molar-refractivity contribution in [3.63, 3.8) is 0 Å². The van der Waals surface area contributed by atoms with Gasteiger partial charge >= 0.3 is 5.97 Å². The molecule has 0 fully saturated rings. The minimum atomic E-state index is -1.41. The summed E-state index contributed by atoms with van der Waals surface area (Å²) in [5, 5.41) is 9.57. The largest absolute Gasteiger partial charge is 0.478 e. The Morgan fingerprint density at radius 1 is 1.03 bits per heavy atom. The molecule has 0 aliphatic carbocycles. The lowest BCUT2D eigenvalue weighted by Crippen LogP contribution is -2.37. The standard InChI is InChI=1S/C23H24O6/c1-5-14-7-9-15(10-8-14)27-21-18(6-2)28-19-13-16(11-12-17(19)20(21)24)29-23(3,4)22(25)26/h7-13H,5-6H2,1-4H3,(H,25,26). The van der Waals surface area contributed by atoms with Crippen LogP contribution in [-0.2, 0) is 17.6 Å². The van der Waals surface area contributed by atoms with Gasteiger partial charge in [0.05, 0.1) is 5.39 Å². The second kappa shape index (κ2) is 7.99. The van der Waals surface area contributed by atoms with E-state index in [1.807, 2.05) is 31.2 Å². The zero-order valence-electron chi connectivity index (χ0n) is 16.9. The molecule has 6 heteroatoms. The molecule has 1 N–H and O–H groups in total. The van der Waals surface area contributed by atoms with Gasteiger partial charge in [0, 0.05) is 12.5 Å². The highest BCUT2D eigenvalue weighted by molar-refractivity contribution is 5.80. The van der Waals surface area contributed by atoms with Gasteiger partial charge in [0.2, 0.25) is 11.2 Å². The van der Waals surface area contributed by atoms with Crippen LogP contribution in [0.1, 0.15) is 39.0 Å². The van der Waals surface area contributed by atoms with E-state index in [2.05, 4.69) is 6.92 Å². The van der Waals surface area contributed by atoms with Crippen LogP contribution in [0.25, 0.3) is 11.0 Å². The molecule has 152 valence electrons. The van der Waals surface area contributed by atoms with Gasteiger partial charge in [0.15, 0.2) is 11.4 Å². The first-order valence-electron chi connectivity index (χ1n) is 9.54. The van der Waals surface area contributed by atoms with Crippen LogP contribution in [0.15, 0.2) is 51.7 Å². The van der Waals surface area contributed by atoms with Gasteiger partial charge in [-0.05, 0) is 50.1 Å².